The van der Waals surface area contributed by atoms with Crippen molar-refractivity contribution >= 4 is 5.91 Å². The molecule has 1 saturated heterocycles. The minimum Gasteiger partial charge on any atom is -0.341 e. The maximum absolute atomic E-state index is 12.0. The molecule has 0 radical (unpaired) electrons. The highest BCUT2D eigenvalue weighted by atomic mass is 16.2. The number of hydrogen-bond acceptors (Lipinski definition) is 2. The first-order valence-corrected chi connectivity index (χ1v) is 7.33. The zero-order valence-electron chi connectivity index (χ0n) is 11.8. The molecule has 0 bridgehead atoms. The number of benzene rings is 1. The van der Waals surface area contributed by atoms with Crippen LogP contribution in [-0.2, 0) is 11.2 Å². The van der Waals surface area contributed by atoms with Crippen molar-refractivity contribution in [3.8, 4) is 0 Å². The van der Waals surface area contributed by atoms with E-state index in [2.05, 4.69) is 31.2 Å². The highest BCUT2D eigenvalue weighted by Crippen LogP contribution is 2.17. The van der Waals surface area contributed by atoms with Crippen LogP contribution in [0.5, 0.6) is 0 Å². The molecule has 2 N–H and O–H groups in total. The standard InChI is InChI=1S/C16H24N2O/c1-2-13-7-9-14(10-8-13)15(17)12-18-11-5-3-4-6-16(18)19/h7-10,15H,2-6,11-12,17H2,1H3. The lowest BCUT2D eigenvalue weighted by Gasteiger charge is -2.24. The average molecular weight is 260 g/mol. The van der Waals surface area contributed by atoms with Crippen LogP contribution in [0, 0.1) is 0 Å². The van der Waals surface area contributed by atoms with Crippen LogP contribution in [0.15, 0.2) is 24.3 Å². The molecule has 0 saturated carbocycles. The van der Waals surface area contributed by atoms with Gasteiger partial charge in [0.1, 0.15) is 0 Å². The Balaban J connectivity index is 1.98. The number of carbonyl (C=O) groups is 1. The summed E-state index contributed by atoms with van der Waals surface area (Å²) >= 11 is 0. The third-order valence-corrected chi connectivity index (χ3v) is 3.90. The van der Waals surface area contributed by atoms with Gasteiger partial charge >= 0.3 is 0 Å². The Morgan fingerprint density at radius 3 is 2.63 bits per heavy atom. The van der Waals surface area contributed by atoms with Crippen LogP contribution in [0.3, 0.4) is 0 Å². The molecule has 1 heterocycles. The molecule has 3 heteroatoms. The summed E-state index contributed by atoms with van der Waals surface area (Å²) in [5.74, 6) is 0.262. The molecule has 0 aromatic heterocycles. The van der Waals surface area contributed by atoms with E-state index in [9.17, 15) is 4.79 Å². The van der Waals surface area contributed by atoms with Crippen LogP contribution in [0.4, 0.5) is 0 Å². The molecule has 1 aliphatic heterocycles. The second kappa shape index (κ2) is 6.71. The SMILES string of the molecule is CCc1ccc(C(N)CN2CCCCCC2=O)cc1. The van der Waals surface area contributed by atoms with Gasteiger partial charge in [-0.15, -0.1) is 0 Å². The van der Waals surface area contributed by atoms with Gasteiger partial charge in [-0.3, -0.25) is 4.79 Å². The number of rotatable bonds is 4. The summed E-state index contributed by atoms with van der Waals surface area (Å²) < 4.78 is 0. The van der Waals surface area contributed by atoms with E-state index in [0.29, 0.717) is 13.0 Å². The molecule has 0 aliphatic carbocycles. The second-order valence-electron chi connectivity index (χ2n) is 5.35. The van der Waals surface area contributed by atoms with Crippen molar-refractivity contribution in [1.29, 1.82) is 0 Å². The van der Waals surface area contributed by atoms with Crippen molar-refractivity contribution in [2.75, 3.05) is 13.1 Å². The topological polar surface area (TPSA) is 46.3 Å². The third-order valence-electron chi connectivity index (χ3n) is 3.90. The van der Waals surface area contributed by atoms with Crippen molar-refractivity contribution in [1.82, 2.24) is 4.90 Å². The van der Waals surface area contributed by atoms with Crippen molar-refractivity contribution in [2.45, 2.75) is 45.1 Å². The van der Waals surface area contributed by atoms with Gasteiger partial charge in [-0.1, -0.05) is 37.6 Å². The lowest BCUT2D eigenvalue weighted by molar-refractivity contribution is -0.130. The Kier molecular flexibility index (Phi) is 4.97. The van der Waals surface area contributed by atoms with Crippen molar-refractivity contribution in [2.24, 2.45) is 5.73 Å². The maximum atomic E-state index is 12.0. The van der Waals surface area contributed by atoms with E-state index in [0.717, 1.165) is 37.8 Å². The van der Waals surface area contributed by atoms with Crippen LogP contribution < -0.4 is 5.73 Å². The molecule has 1 unspecified atom stereocenters. The largest absolute Gasteiger partial charge is 0.341 e. The summed E-state index contributed by atoms with van der Waals surface area (Å²) in [7, 11) is 0. The molecule has 1 atom stereocenters. The lowest BCUT2D eigenvalue weighted by Crippen LogP contribution is -2.36. The van der Waals surface area contributed by atoms with Crippen LogP contribution in [0.25, 0.3) is 0 Å². The minimum atomic E-state index is -0.0760. The van der Waals surface area contributed by atoms with Gasteiger partial charge in [-0.25, -0.2) is 0 Å². The van der Waals surface area contributed by atoms with E-state index >= 15 is 0 Å². The van der Waals surface area contributed by atoms with E-state index in [1.807, 2.05) is 4.90 Å². The second-order valence-corrected chi connectivity index (χ2v) is 5.35. The van der Waals surface area contributed by atoms with Gasteiger partial charge in [0.15, 0.2) is 0 Å². The first kappa shape index (κ1) is 14.1. The highest BCUT2D eigenvalue weighted by molar-refractivity contribution is 5.76. The quantitative estimate of drug-likeness (QED) is 0.904. The predicted molar refractivity (Wildman–Crippen MR) is 77.8 cm³/mol. The number of hydrogen-bond donors (Lipinski definition) is 1. The molecule has 1 aromatic rings. The zero-order valence-corrected chi connectivity index (χ0v) is 11.8. The molecule has 1 aromatic carbocycles. The van der Waals surface area contributed by atoms with Gasteiger partial charge in [0.25, 0.3) is 0 Å². The first-order chi connectivity index (χ1) is 9.20. The van der Waals surface area contributed by atoms with Crippen LogP contribution >= 0.6 is 0 Å². The number of carbonyl (C=O) groups excluding carboxylic acids is 1. The van der Waals surface area contributed by atoms with E-state index in [-0.39, 0.29) is 11.9 Å². The van der Waals surface area contributed by atoms with Crippen LogP contribution in [-0.4, -0.2) is 23.9 Å². The Morgan fingerprint density at radius 2 is 1.95 bits per heavy atom. The molecule has 104 valence electrons. The smallest absolute Gasteiger partial charge is 0.222 e. The zero-order chi connectivity index (χ0) is 13.7. The number of amides is 1. The average Bonchev–Trinajstić information content (AvgIpc) is 2.64. The van der Waals surface area contributed by atoms with E-state index in [1.165, 1.54) is 5.56 Å². The normalized spacial score (nSPS) is 18.2. The summed E-state index contributed by atoms with van der Waals surface area (Å²) in [4.78, 5) is 13.9. The number of aryl methyl sites for hydroxylation is 1. The Morgan fingerprint density at radius 1 is 1.21 bits per heavy atom. The summed E-state index contributed by atoms with van der Waals surface area (Å²) in [5, 5.41) is 0. The van der Waals surface area contributed by atoms with E-state index in [1.54, 1.807) is 0 Å². The summed E-state index contributed by atoms with van der Waals surface area (Å²) in [6.07, 6.45) is 5.01. The number of likely N-dealkylation sites (tertiary alicyclic amines) is 1. The summed E-state index contributed by atoms with van der Waals surface area (Å²) in [5.41, 5.74) is 8.68. The molecule has 3 nitrogen and oxygen atoms in total. The van der Waals surface area contributed by atoms with Crippen LogP contribution in [0.1, 0.15) is 49.8 Å². The Hall–Kier alpha value is -1.35. The molecule has 1 fully saturated rings. The molecule has 2 rings (SSSR count). The number of nitrogens with zero attached hydrogens (tertiary/aromatic N) is 1. The fraction of sp³-hybridized carbons (Fsp3) is 0.562. The van der Waals surface area contributed by atoms with Crippen molar-refractivity contribution in [3.05, 3.63) is 35.4 Å². The van der Waals surface area contributed by atoms with E-state index < -0.39 is 0 Å². The van der Waals surface area contributed by atoms with Gasteiger partial charge in [-0.05, 0) is 30.4 Å². The van der Waals surface area contributed by atoms with Gasteiger partial charge < -0.3 is 10.6 Å². The van der Waals surface area contributed by atoms with Crippen LogP contribution in [0.2, 0.25) is 0 Å². The summed E-state index contributed by atoms with van der Waals surface area (Å²) in [6.45, 7) is 3.65. The summed E-state index contributed by atoms with van der Waals surface area (Å²) in [6, 6.07) is 8.35. The van der Waals surface area contributed by atoms with Crippen molar-refractivity contribution < 1.29 is 4.79 Å². The molecule has 1 amide bonds. The predicted octanol–water partition coefficient (Wildman–Crippen LogP) is 2.65. The minimum absolute atomic E-state index is 0.0760. The van der Waals surface area contributed by atoms with Gasteiger partial charge in [-0.2, -0.15) is 0 Å². The lowest BCUT2D eigenvalue weighted by atomic mass is 10.0. The fourth-order valence-corrected chi connectivity index (χ4v) is 2.57. The molecular weight excluding hydrogens is 236 g/mol. The maximum Gasteiger partial charge on any atom is 0.222 e. The third kappa shape index (κ3) is 3.80. The Labute approximate surface area is 115 Å². The van der Waals surface area contributed by atoms with E-state index in [4.69, 9.17) is 5.73 Å². The number of nitrogens with two attached hydrogens (primary N) is 1. The molecule has 0 spiro atoms. The monoisotopic (exact) mass is 260 g/mol. The fourth-order valence-electron chi connectivity index (χ4n) is 2.57. The molecular formula is C16H24N2O. The molecule has 1 aliphatic rings. The molecule has 19 heavy (non-hydrogen) atoms. The van der Waals surface area contributed by atoms with Crippen molar-refractivity contribution in [3.63, 3.8) is 0 Å². The van der Waals surface area contributed by atoms with Gasteiger partial charge in [0, 0.05) is 25.6 Å². The van der Waals surface area contributed by atoms with Gasteiger partial charge in [0.2, 0.25) is 5.91 Å². The van der Waals surface area contributed by atoms with Gasteiger partial charge in [0.05, 0.1) is 0 Å². The Bertz CT molecular complexity index is 413. The first-order valence-electron chi connectivity index (χ1n) is 7.33. The highest BCUT2D eigenvalue weighted by Gasteiger charge is 2.19.